The van der Waals surface area contributed by atoms with Crippen LogP contribution in [0.3, 0.4) is 0 Å². The first-order valence-corrected chi connectivity index (χ1v) is 9.06. The summed E-state index contributed by atoms with van der Waals surface area (Å²) in [6.07, 6.45) is 1.97. The molecule has 0 bridgehead atoms. The van der Waals surface area contributed by atoms with Gasteiger partial charge in [-0.1, -0.05) is 52.0 Å². The van der Waals surface area contributed by atoms with E-state index in [1.54, 1.807) is 0 Å². The zero-order valence-corrected chi connectivity index (χ0v) is 15.6. The van der Waals surface area contributed by atoms with Crippen molar-refractivity contribution in [2.24, 2.45) is 0 Å². The first-order chi connectivity index (χ1) is 11.5. The summed E-state index contributed by atoms with van der Waals surface area (Å²) in [5, 5.41) is 0. The fourth-order valence-corrected chi connectivity index (χ4v) is 2.63. The summed E-state index contributed by atoms with van der Waals surface area (Å²) in [4.78, 5) is 0. The van der Waals surface area contributed by atoms with Crippen LogP contribution in [-0.2, 0) is 0 Å². The molecule has 130 valence electrons. The van der Waals surface area contributed by atoms with Crippen molar-refractivity contribution in [3.05, 3.63) is 59.7 Å². The Morgan fingerprint density at radius 1 is 0.625 bits per heavy atom. The Balaban J connectivity index is 1.91. The molecule has 2 aromatic rings. The second-order valence-electron chi connectivity index (χ2n) is 6.56. The molecule has 2 nitrogen and oxygen atoms in total. The molecule has 0 aliphatic heterocycles. The Morgan fingerprint density at radius 2 is 0.958 bits per heavy atom. The summed E-state index contributed by atoms with van der Waals surface area (Å²) in [7, 11) is 0. The lowest BCUT2D eigenvalue weighted by atomic mass is 9.99. The smallest absolute Gasteiger partial charge is 0.238 e. The summed E-state index contributed by atoms with van der Waals surface area (Å²) in [6.45, 7) is 10.8. The van der Waals surface area contributed by atoms with E-state index in [1.807, 2.05) is 31.2 Å². The molecule has 0 saturated heterocycles. The Morgan fingerprint density at radius 3 is 1.25 bits per heavy atom. The van der Waals surface area contributed by atoms with Gasteiger partial charge in [-0.15, -0.1) is 0 Å². The highest BCUT2D eigenvalue weighted by Crippen LogP contribution is 2.24. The van der Waals surface area contributed by atoms with Crippen LogP contribution >= 0.6 is 0 Å². The van der Waals surface area contributed by atoms with Crippen LogP contribution in [0, 0.1) is 0 Å². The largest absolute Gasteiger partial charge is 0.455 e. The molecule has 0 fully saturated rings. The van der Waals surface area contributed by atoms with E-state index >= 15 is 0 Å². The van der Waals surface area contributed by atoms with E-state index in [4.69, 9.17) is 9.47 Å². The minimum atomic E-state index is -0.325. The zero-order chi connectivity index (χ0) is 17.5. The molecule has 0 N–H and O–H groups in total. The molecule has 2 atom stereocenters. The van der Waals surface area contributed by atoms with Gasteiger partial charge in [0.25, 0.3) is 0 Å². The predicted molar refractivity (Wildman–Crippen MR) is 101 cm³/mol. The van der Waals surface area contributed by atoms with Crippen molar-refractivity contribution in [2.75, 3.05) is 0 Å². The van der Waals surface area contributed by atoms with E-state index in [0.717, 1.165) is 24.3 Å². The highest BCUT2D eigenvalue weighted by Gasteiger charge is 2.08. The van der Waals surface area contributed by atoms with Crippen LogP contribution in [0.25, 0.3) is 0 Å². The van der Waals surface area contributed by atoms with Crippen LogP contribution in [0.2, 0.25) is 0 Å². The molecule has 2 unspecified atom stereocenters. The van der Waals surface area contributed by atoms with Crippen LogP contribution < -0.4 is 9.47 Å². The van der Waals surface area contributed by atoms with E-state index < -0.39 is 0 Å². The highest BCUT2D eigenvalue weighted by atomic mass is 16.7. The third-order valence-electron chi connectivity index (χ3n) is 4.73. The molecule has 0 radical (unpaired) electrons. The molecule has 0 heterocycles. The van der Waals surface area contributed by atoms with E-state index in [0.29, 0.717) is 11.8 Å². The van der Waals surface area contributed by atoms with Gasteiger partial charge >= 0.3 is 0 Å². The molecule has 24 heavy (non-hydrogen) atoms. The quantitative estimate of drug-likeness (QED) is 0.514. The number of benzene rings is 2. The lowest BCUT2D eigenvalue weighted by Crippen LogP contribution is -2.19. The van der Waals surface area contributed by atoms with Crippen molar-refractivity contribution >= 4 is 0 Å². The molecule has 2 aromatic carbocycles. The van der Waals surface area contributed by atoms with E-state index in [-0.39, 0.29) is 6.29 Å². The standard InChI is InChI=1S/C22H30O2/c1-6-16(3)19-8-12-21(13-9-19)23-18(5)24-22-14-10-20(11-15-22)17(4)7-2/h8-18H,6-7H2,1-5H3. The average Bonchev–Trinajstić information content (AvgIpc) is 2.61. The Hall–Kier alpha value is -1.96. The summed E-state index contributed by atoms with van der Waals surface area (Å²) in [6, 6.07) is 16.6. The molecule has 0 saturated carbocycles. The average molecular weight is 326 g/mol. The molecule has 0 aliphatic rings. The maximum Gasteiger partial charge on any atom is 0.238 e. The third kappa shape index (κ3) is 5.02. The van der Waals surface area contributed by atoms with Gasteiger partial charge in [0.2, 0.25) is 6.29 Å². The zero-order valence-electron chi connectivity index (χ0n) is 15.6. The van der Waals surface area contributed by atoms with Gasteiger partial charge in [0.15, 0.2) is 0 Å². The summed E-state index contributed by atoms with van der Waals surface area (Å²) in [5.41, 5.74) is 2.69. The minimum absolute atomic E-state index is 0.325. The molecule has 0 amide bonds. The number of hydrogen-bond acceptors (Lipinski definition) is 2. The van der Waals surface area contributed by atoms with Crippen LogP contribution in [0.4, 0.5) is 0 Å². The molecule has 0 spiro atoms. The monoisotopic (exact) mass is 326 g/mol. The van der Waals surface area contributed by atoms with Crippen molar-refractivity contribution in [3.8, 4) is 11.5 Å². The maximum absolute atomic E-state index is 5.86. The van der Waals surface area contributed by atoms with Crippen molar-refractivity contribution < 1.29 is 9.47 Å². The van der Waals surface area contributed by atoms with Crippen LogP contribution in [0.1, 0.15) is 70.4 Å². The second kappa shape index (κ2) is 8.77. The lowest BCUT2D eigenvalue weighted by molar-refractivity contribution is 0.0223. The van der Waals surface area contributed by atoms with E-state index in [2.05, 4.69) is 52.0 Å². The molecular formula is C22H30O2. The van der Waals surface area contributed by atoms with Gasteiger partial charge in [-0.25, -0.2) is 0 Å². The Kier molecular flexibility index (Phi) is 6.72. The Labute approximate surface area is 146 Å². The van der Waals surface area contributed by atoms with Crippen LogP contribution in [-0.4, -0.2) is 6.29 Å². The molecular weight excluding hydrogens is 296 g/mol. The highest BCUT2D eigenvalue weighted by molar-refractivity contribution is 5.30. The number of hydrogen-bond donors (Lipinski definition) is 0. The van der Waals surface area contributed by atoms with Crippen LogP contribution in [0.5, 0.6) is 11.5 Å². The fourth-order valence-electron chi connectivity index (χ4n) is 2.63. The molecule has 0 aromatic heterocycles. The van der Waals surface area contributed by atoms with Crippen molar-refractivity contribution in [2.45, 2.75) is 65.6 Å². The molecule has 2 rings (SSSR count). The van der Waals surface area contributed by atoms with Crippen LogP contribution in [0.15, 0.2) is 48.5 Å². The van der Waals surface area contributed by atoms with Gasteiger partial charge < -0.3 is 9.47 Å². The SMILES string of the molecule is CCC(C)c1ccc(OC(C)Oc2ccc(C(C)CC)cc2)cc1. The second-order valence-corrected chi connectivity index (χ2v) is 6.56. The fraction of sp³-hybridized carbons (Fsp3) is 0.455. The van der Waals surface area contributed by atoms with Gasteiger partial charge in [-0.2, -0.15) is 0 Å². The molecule has 0 aliphatic carbocycles. The van der Waals surface area contributed by atoms with Gasteiger partial charge in [0.05, 0.1) is 0 Å². The summed E-state index contributed by atoms with van der Waals surface area (Å²) >= 11 is 0. The molecule has 2 heteroatoms. The first kappa shape index (κ1) is 18.4. The normalized spacial score (nSPS) is 14.7. The topological polar surface area (TPSA) is 18.5 Å². The first-order valence-electron chi connectivity index (χ1n) is 9.06. The van der Waals surface area contributed by atoms with Gasteiger partial charge in [-0.3, -0.25) is 0 Å². The third-order valence-corrected chi connectivity index (χ3v) is 4.73. The van der Waals surface area contributed by atoms with Crippen molar-refractivity contribution in [1.29, 1.82) is 0 Å². The number of ether oxygens (including phenoxy) is 2. The summed E-state index contributed by atoms with van der Waals surface area (Å²) in [5.74, 6) is 2.84. The Bertz CT molecular complexity index is 545. The lowest BCUT2D eigenvalue weighted by Gasteiger charge is -2.18. The summed E-state index contributed by atoms with van der Waals surface area (Å²) < 4.78 is 11.7. The van der Waals surface area contributed by atoms with E-state index in [9.17, 15) is 0 Å². The van der Waals surface area contributed by atoms with Gasteiger partial charge in [0, 0.05) is 6.92 Å². The van der Waals surface area contributed by atoms with Gasteiger partial charge in [-0.05, 0) is 60.1 Å². The van der Waals surface area contributed by atoms with Gasteiger partial charge in [0.1, 0.15) is 11.5 Å². The maximum atomic E-state index is 5.86. The predicted octanol–water partition coefficient (Wildman–Crippen LogP) is 6.52. The number of rotatable bonds is 8. The van der Waals surface area contributed by atoms with E-state index in [1.165, 1.54) is 11.1 Å². The van der Waals surface area contributed by atoms with Crippen molar-refractivity contribution in [3.63, 3.8) is 0 Å². The van der Waals surface area contributed by atoms with Crippen molar-refractivity contribution in [1.82, 2.24) is 0 Å². The minimum Gasteiger partial charge on any atom is -0.455 e.